The zero-order valence-electron chi connectivity index (χ0n) is 26.0. The van der Waals surface area contributed by atoms with Crippen molar-refractivity contribution < 1.29 is 28.0 Å². The molecule has 39 heavy (non-hydrogen) atoms. The van der Waals surface area contributed by atoms with Crippen molar-refractivity contribution in [1.82, 2.24) is 10.2 Å². The van der Waals surface area contributed by atoms with E-state index in [0.717, 1.165) is 0 Å². The highest BCUT2D eigenvalue weighted by Crippen LogP contribution is 2.40. The topological polar surface area (TPSA) is 94.2 Å². The van der Waals surface area contributed by atoms with Gasteiger partial charge in [0.15, 0.2) is 18.1 Å². The van der Waals surface area contributed by atoms with Crippen molar-refractivity contribution >= 4 is 35.9 Å². The minimum atomic E-state index is -1.39. The number of hydrogen-bond acceptors (Lipinski definition) is 6. The average molecular weight is 583 g/mol. The second-order valence-electron chi connectivity index (χ2n) is 14.1. The van der Waals surface area contributed by atoms with E-state index in [1.54, 1.807) is 11.0 Å². The first-order valence-corrected chi connectivity index (χ1v) is 20.1. The highest BCUT2D eigenvalue weighted by Gasteiger charge is 2.50. The molecule has 2 saturated heterocycles. The van der Waals surface area contributed by atoms with Crippen molar-refractivity contribution in [2.45, 2.75) is 105 Å². The molecule has 1 unspecified atom stereocenters. The molecule has 8 nitrogen and oxygen atoms in total. The molecule has 2 fully saturated rings. The summed E-state index contributed by atoms with van der Waals surface area (Å²) < 4.78 is 18.0. The molecule has 6 atom stereocenters. The first-order chi connectivity index (χ1) is 17.9. The van der Waals surface area contributed by atoms with Crippen LogP contribution in [0, 0.1) is 28.6 Å². The number of amides is 2. The van der Waals surface area contributed by atoms with Gasteiger partial charge in [0.05, 0.1) is 18.1 Å². The fourth-order valence-corrected chi connectivity index (χ4v) is 7.68. The number of carbonyl (C=O) groups excluding carboxylic acids is 3. The number of Topliss-reactive ketones (excluding diaryl/α,β-unsaturated/α-hetero) is 1. The number of ketones is 1. The van der Waals surface area contributed by atoms with E-state index in [4.69, 9.17) is 13.6 Å². The van der Waals surface area contributed by atoms with Crippen LogP contribution in [0.15, 0.2) is 12.7 Å². The summed E-state index contributed by atoms with van der Waals surface area (Å²) in [5, 5.41) is 2.99. The molecule has 10 heteroatoms. The Balaban J connectivity index is 2.14. The molecule has 224 valence electrons. The lowest BCUT2D eigenvalue weighted by molar-refractivity contribution is -0.143. The maximum Gasteiger partial charge on any atom is 0.410 e. The maximum atomic E-state index is 13.3. The van der Waals surface area contributed by atoms with E-state index in [2.05, 4.69) is 79.6 Å². The summed E-state index contributed by atoms with van der Waals surface area (Å²) >= 11 is 0. The summed E-state index contributed by atoms with van der Waals surface area (Å²) in [4.78, 5) is 40.8. The Labute approximate surface area is 240 Å². The van der Waals surface area contributed by atoms with Gasteiger partial charge in [-0.1, -0.05) is 54.2 Å². The van der Waals surface area contributed by atoms with Crippen molar-refractivity contribution in [3.8, 4) is 0 Å². The predicted octanol–water partition coefficient (Wildman–Crippen LogP) is 4.54. The molecule has 0 aromatic rings. The summed E-state index contributed by atoms with van der Waals surface area (Å²) in [6, 6.07) is -0.330. The molecule has 0 spiro atoms. The number of carbonyl (C=O) groups is 3. The minimum absolute atomic E-state index is 0.0156. The van der Waals surface area contributed by atoms with Gasteiger partial charge in [0.1, 0.15) is 12.4 Å². The van der Waals surface area contributed by atoms with Crippen LogP contribution in [0.5, 0.6) is 0 Å². The predicted molar refractivity (Wildman–Crippen MR) is 161 cm³/mol. The molecule has 2 rings (SSSR count). The molecule has 2 aliphatic rings. The van der Waals surface area contributed by atoms with Crippen LogP contribution < -0.4 is 5.32 Å². The number of nitrogens with zero attached hydrogens (tertiary/aromatic N) is 1. The third-order valence-electron chi connectivity index (χ3n) is 7.79. The number of likely N-dealkylation sites (tertiary alicyclic amines) is 1. The zero-order chi connectivity index (χ0) is 29.7. The van der Waals surface area contributed by atoms with Crippen LogP contribution in [0.2, 0.25) is 26.2 Å². The second kappa shape index (κ2) is 13.9. The summed E-state index contributed by atoms with van der Waals surface area (Å²) in [5.41, 5.74) is -0.288. The van der Waals surface area contributed by atoms with E-state index < -0.39 is 18.1 Å². The van der Waals surface area contributed by atoms with E-state index in [1.165, 1.54) is 0 Å². The van der Waals surface area contributed by atoms with Crippen LogP contribution in [-0.2, 0) is 23.2 Å². The van der Waals surface area contributed by atoms with Gasteiger partial charge in [-0.3, -0.25) is 9.59 Å². The minimum Gasteiger partial charge on any atom is -0.445 e. The van der Waals surface area contributed by atoms with E-state index in [-0.39, 0.29) is 71.2 Å². The van der Waals surface area contributed by atoms with Gasteiger partial charge < -0.3 is 23.8 Å². The van der Waals surface area contributed by atoms with Gasteiger partial charge >= 0.3 is 6.09 Å². The Hall–Kier alpha value is -1.50. The van der Waals surface area contributed by atoms with Crippen LogP contribution in [0.3, 0.4) is 0 Å². The van der Waals surface area contributed by atoms with Crippen LogP contribution in [-0.4, -0.2) is 78.7 Å². The third-order valence-corrected chi connectivity index (χ3v) is 9.49. The summed E-state index contributed by atoms with van der Waals surface area (Å²) in [6.07, 6.45) is 2.40. The van der Waals surface area contributed by atoms with E-state index in [1.807, 2.05) is 0 Å². The van der Waals surface area contributed by atoms with E-state index >= 15 is 0 Å². The van der Waals surface area contributed by atoms with Gasteiger partial charge in [-0.2, -0.15) is 0 Å². The number of β-lactam (4-membered cyclic amide) rings is 1. The van der Waals surface area contributed by atoms with Gasteiger partial charge in [-0.15, -0.1) is 0 Å². The van der Waals surface area contributed by atoms with Crippen molar-refractivity contribution in [3.05, 3.63) is 12.7 Å². The van der Waals surface area contributed by atoms with Crippen molar-refractivity contribution in [2.24, 2.45) is 28.6 Å². The molecule has 1 N–H and O–H groups in total. The normalized spacial score (nSPS) is 25.3. The quantitative estimate of drug-likeness (QED) is 0.195. The van der Waals surface area contributed by atoms with Crippen LogP contribution in [0.4, 0.5) is 4.79 Å². The van der Waals surface area contributed by atoms with Gasteiger partial charge in [0.25, 0.3) is 0 Å². The second-order valence-corrected chi connectivity index (χ2v) is 18.9. The Morgan fingerprint density at radius 2 is 1.72 bits per heavy atom. The maximum absolute atomic E-state index is 13.3. The fraction of sp³-hybridized carbons (Fsp3) is 0.828. The summed E-state index contributed by atoms with van der Waals surface area (Å²) in [7, 11) is -2.62. The first kappa shape index (κ1) is 33.7. The van der Waals surface area contributed by atoms with Crippen LogP contribution >= 0.6 is 0 Å². The molecule has 0 bridgehead atoms. The molecular weight excluding hydrogens is 528 g/mol. The number of hydrogen-bond donors (Lipinski definition) is 1. The van der Waals surface area contributed by atoms with Crippen LogP contribution in [0.25, 0.3) is 0 Å². The van der Waals surface area contributed by atoms with Crippen molar-refractivity contribution in [2.75, 3.05) is 19.8 Å². The summed E-state index contributed by atoms with van der Waals surface area (Å²) in [5.74, 6) is -0.0213. The molecule has 0 aliphatic carbocycles. The molecule has 2 aliphatic heterocycles. The van der Waals surface area contributed by atoms with Crippen molar-refractivity contribution in [3.63, 3.8) is 0 Å². The Morgan fingerprint density at radius 1 is 1.08 bits per heavy atom. The standard InChI is InChI=1S/C29H54N2O6Si2/c1-12-13-35-27(34)31-17-19(15-23(31)25(29(5,6)7)37-39(10)11)14-20(32)16-22-24(26(33)30-22)21(28(2,3)4)18-36-38(8)9/h12,19,21-25,38-39H,1,13-18H2,2-11H3,(H,30,33)/t19-,21+,22+,23-,24-,25?/m0/s1. The third kappa shape index (κ3) is 9.54. The molecule has 0 aromatic carbocycles. The SMILES string of the molecule is C=CCOC(=O)N1C[C@@H](CC(=O)C[C@H]2NC(=O)[C@H]2[C@@H](CO[SiH](C)C)C(C)(C)C)C[C@H]1C(O[SiH](C)C)C(C)(C)C. The van der Waals surface area contributed by atoms with Gasteiger partial charge in [-0.25, -0.2) is 4.79 Å². The van der Waals surface area contributed by atoms with Gasteiger partial charge in [-0.05, 0) is 55.3 Å². The number of nitrogens with one attached hydrogen (secondary N) is 1. The number of rotatable bonds is 13. The Bertz CT molecular complexity index is 867. The molecule has 0 aromatic heterocycles. The highest BCUT2D eigenvalue weighted by atomic mass is 28.3. The van der Waals surface area contributed by atoms with E-state index in [0.29, 0.717) is 32.4 Å². The summed E-state index contributed by atoms with van der Waals surface area (Å²) in [6.45, 7) is 26.2. The molecule has 0 radical (unpaired) electrons. The fourth-order valence-electron chi connectivity index (χ4n) is 5.92. The van der Waals surface area contributed by atoms with Crippen LogP contribution in [0.1, 0.15) is 60.8 Å². The molecule has 0 saturated carbocycles. The zero-order valence-corrected chi connectivity index (χ0v) is 28.4. The lowest BCUT2D eigenvalue weighted by Crippen LogP contribution is -2.63. The van der Waals surface area contributed by atoms with E-state index in [9.17, 15) is 14.4 Å². The Kier molecular flexibility index (Phi) is 12.0. The largest absolute Gasteiger partial charge is 0.445 e. The molecule has 2 amide bonds. The lowest BCUT2D eigenvalue weighted by atomic mass is 9.66. The molecular formula is C29H54N2O6Si2. The van der Waals surface area contributed by atoms with Crippen molar-refractivity contribution in [1.29, 1.82) is 0 Å². The lowest BCUT2D eigenvalue weighted by Gasteiger charge is -2.46. The van der Waals surface area contributed by atoms with Gasteiger partial charge in [0.2, 0.25) is 5.91 Å². The molecule has 2 heterocycles. The van der Waals surface area contributed by atoms with Gasteiger partial charge in [0, 0.05) is 32.0 Å². The first-order valence-electron chi connectivity index (χ1n) is 14.6. The monoisotopic (exact) mass is 582 g/mol. The smallest absolute Gasteiger partial charge is 0.410 e. The highest BCUT2D eigenvalue weighted by molar-refractivity contribution is 6.48. The average Bonchev–Trinajstić information content (AvgIpc) is 3.19. The number of ether oxygens (including phenoxy) is 1. The Morgan fingerprint density at radius 3 is 2.21 bits per heavy atom.